The van der Waals surface area contributed by atoms with Crippen molar-refractivity contribution >= 4 is 22.4 Å². The number of rotatable bonds is 4. The van der Waals surface area contributed by atoms with Crippen LogP contribution in [0.4, 0.5) is 0 Å². The van der Waals surface area contributed by atoms with Crippen LogP contribution in [0.25, 0.3) is 0 Å². The summed E-state index contributed by atoms with van der Waals surface area (Å²) >= 11 is 3.42. The van der Waals surface area contributed by atoms with Crippen LogP contribution in [0.5, 0.6) is 0 Å². The fourth-order valence-corrected chi connectivity index (χ4v) is 2.06. The third kappa shape index (κ3) is 2.12. The molecule has 1 heterocycles. The number of aromatic nitrogens is 1. The minimum absolute atomic E-state index is 0.243. The number of nitrogens with zero attached hydrogens (tertiary/aromatic N) is 1. The fraction of sp³-hybridized carbons (Fsp3) is 0.400. The van der Waals surface area contributed by atoms with Crippen LogP contribution in [0, 0.1) is 0 Å². The summed E-state index contributed by atoms with van der Waals surface area (Å²) in [5.74, 6) is 0.679. The quantitative estimate of drug-likeness (QED) is 0.613. The van der Waals surface area contributed by atoms with E-state index in [9.17, 15) is 4.79 Å². The Morgan fingerprint density at radius 2 is 2.36 bits per heavy atom. The maximum absolute atomic E-state index is 9.99. The van der Waals surface area contributed by atoms with Crippen molar-refractivity contribution in [1.82, 2.24) is 4.98 Å². The zero-order valence-electron chi connectivity index (χ0n) is 7.57. The standard InChI is InChI=1S/C10H10BrNO2/c11-10-9(7-1-2-7)4-3-8(12-10)5-14-6-13/h3-4,6-7H,1-2,5H2. The van der Waals surface area contributed by atoms with Gasteiger partial charge in [-0.2, -0.15) is 0 Å². The average Bonchev–Trinajstić information content (AvgIpc) is 2.98. The normalized spacial score (nSPS) is 15.2. The van der Waals surface area contributed by atoms with Crippen molar-refractivity contribution in [2.75, 3.05) is 0 Å². The smallest absolute Gasteiger partial charge is 0.293 e. The Labute approximate surface area is 90.6 Å². The molecule has 2 rings (SSSR count). The molecular weight excluding hydrogens is 246 g/mol. The first-order valence-electron chi connectivity index (χ1n) is 4.52. The van der Waals surface area contributed by atoms with E-state index >= 15 is 0 Å². The number of ether oxygens (including phenoxy) is 1. The molecule has 0 aromatic carbocycles. The van der Waals surface area contributed by atoms with Gasteiger partial charge in [-0.15, -0.1) is 0 Å². The van der Waals surface area contributed by atoms with Gasteiger partial charge < -0.3 is 4.74 Å². The summed E-state index contributed by atoms with van der Waals surface area (Å²) in [4.78, 5) is 14.3. The van der Waals surface area contributed by atoms with Crippen LogP contribution in [0.1, 0.15) is 30.0 Å². The fourth-order valence-electron chi connectivity index (χ4n) is 1.38. The van der Waals surface area contributed by atoms with E-state index < -0.39 is 0 Å². The van der Waals surface area contributed by atoms with Crippen LogP contribution >= 0.6 is 15.9 Å². The summed E-state index contributed by atoms with van der Waals surface area (Å²) < 4.78 is 5.51. The number of carbonyl (C=O) groups is 1. The molecule has 0 saturated heterocycles. The van der Waals surface area contributed by atoms with Gasteiger partial charge in [-0.1, -0.05) is 6.07 Å². The third-order valence-electron chi connectivity index (χ3n) is 2.25. The lowest BCUT2D eigenvalue weighted by Gasteiger charge is -2.04. The summed E-state index contributed by atoms with van der Waals surface area (Å²) in [5, 5.41) is 0. The summed E-state index contributed by atoms with van der Waals surface area (Å²) in [6.45, 7) is 0.678. The van der Waals surface area contributed by atoms with Gasteiger partial charge in [0.1, 0.15) is 11.2 Å². The highest BCUT2D eigenvalue weighted by Gasteiger charge is 2.26. The molecule has 0 amide bonds. The van der Waals surface area contributed by atoms with E-state index in [2.05, 4.69) is 31.7 Å². The Morgan fingerprint density at radius 3 is 2.93 bits per heavy atom. The Kier molecular flexibility index (Phi) is 2.82. The van der Waals surface area contributed by atoms with Gasteiger partial charge in [0.2, 0.25) is 0 Å². The summed E-state index contributed by atoms with van der Waals surface area (Å²) in [6, 6.07) is 3.96. The predicted octanol–water partition coefficient (Wildman–Crippen LogP) is 2.39. The van der Waals surface area contributed by atoms with E-state index in [1.165, 1.54) is 18.4 Å². The van der Waals surface area contributed by atoms with Gasteiger partial charge >= 0.3 is 0 Å². The summed E-state index contributed by atoms with van der Waals surface area (Å²) in [7, 11) is 0. The number of pyridine rings is 1. The van der Waals surface area contributed by atoms with Crippen molar-refractivity contribution in [2.45, 2.75) is 25.4 Å². The first-order chi connectivity index (χ1) is 6.81. The lowest BCUT2D eigenvalue weighted by Crippen LogP contribution is -1.96. The Balaban J connectivity index is 2.12. The highest BCUT2D eigenvalue weighted by Crippen LogP contribution is 2.42. The maximum atomic E-state index is 9.99. The van der Waals surface area contributed by atoms with E-state index in [1.807, 2.05) is 6.07 Å². The first kappa shape index (κ1) is 9.65. The van der Waals surface area contributed by atoms with E-state index in [0.29, 0.717) is 12.4 Å². The minimum atomic E-state index is 0.243. The van der Waals surface area contributed by atoms with Crippen LogP contribution in [0.15, 0.2) is 16.7 Å². The van der Waals surface area contributed by atoms with Crippen LogP contribution in [-0.4, -0.2) is 11.5 Å². The molecule has 0 aliphatic heterocycles. The minimum Gasteiger partial charge on any atom is -0.461 e. The second kappa shape index (κ2) is 4.09. The van der Waals surface area contributed by atoms with E-state index in [0.717, 1.165) is 10.3 Å². The first-order valence-corrected chi connectivity index (χ1v) is 5.31. The second-order valence-corrected chi connectivity index (χ2v) is 4.12. The molecule has 74 valence electrons. The Bertz CT molecular complexity index is 350. The van der Waals surface area contributed by atoms with Crippen LogP contribution in [-0.2, 0) is 16.1 Å². The summed E-state index contributed by atoms with van der Waals surface area (Å²) in [5.41, 5.74) is 2.04. The topological polar surface area (TPSA) is 39.2 Å². The van der Waals surface area contributed by atoms with Crippen LogP contribution < -0.4 is 0 Å². The third-order valence-corrected chi connectivity index (χ3v) is 2.89. The molecule has 0 bridgehead atoms. The van der Waals surface area contributed by atoms with Crippen molar-refractivity contribution in [3.63, 3.8) is 0 Å². The maximum Gasteiger partial charge on any atom is 0.293 e. The second-order valence-electron chi connectivity index (χ2n) is 3.36. The van der Waals surface area contributed by atoms with Crippen molar-refractivity contribution in [2.24, 2.45) is 0 Å². The Hall–Kier alpha value is -0.900. The molecule has 1 aliphatic rings. The lowest BCUT2D eigenvalue weighted by atomic mass is 10.2. The van der Waals surface area contributed by atoms with Gasteiger partial charge in [0.05, 0.1) is 5.69 Å². The number of hydrogen-bond donors (Lipinski definition) is 0. The number of carbonyl (C=O) groups excluding carboxylic acids is 1. The van der Waals surface area contributed by atoms with Gasteiger partial charge in [-0.05, 0) is 46.3 Å². The molecule has 0 N–H and O–H groups in total. The monoisotopic (exact) mass is 255 g/mol. The highest BCUT2D eigenvalue weighted by atomic mass is 79.9. The van der Waals surface area contributed by atoms with Gasteiger partial charge in [0.15, 0.2) is 0 Å². The van der Waals surface area contributed by atoms with Crippen molar-refractivity contribution in [3.05, 3.63) is 28.0 Å². The van der Waals surface area contributed by atoms with Gasteiger partial charge in [-0.3, -0.25) is 4.79 Å². The number of halogens is 1. The van der Waals surface area contributed by atoms with Gasteiger partial charge in [0.25, 0.3) is 6.47 Å². The van der Waals surface area contributed by atoms with Crippen molar-refractivity contribution in [3.8, 4) is 0 Å². The lowest BCUT2D eigenvalue weighted by molar-refractivity contribution is -0.129. The molecule has 14 heavy (non-hydrogen) atoms. The van der Waals surface area contributed by atoms with Crippen LogP contribution in [0.2, 0.25) is 0 Å². The molecule has 1 aliphatic carbocycles. The molecule has 1 fully saturated rings. The zero-order valence-corrected chi connectivity index (χ0v) is 9.16. The van der Waals surface area contributed by atoms with Gasteiger partial charge in [-0.25, -0.2) is 4.98 Å². The highest BCUT2D eigenvalue weighted by molar-refractivity contribution is 9.10. The molecule has 3 nitrogen and oxygen atoms in total. The SMILES string of the molecule is O=COCc1ccc(C2CC2)c(Br)n1. The predicted molar refractivity (Wildman–Crippen MR) is 54.8 cm³/mol. The molecule has 0 spiro atoms. The molecule has 0 atom stereocenters. The van der Waals surface area contributed by atoms with E-state index in [-0.39, 0.29) is 6.61 Å². The van der Waals surface area contributed by atoms with Crippen molar-refractivity contribution < 1.29 is 9.53 Å². The molecule has 4 heteroatoms. The molecule has 1 saturated carbocycles. The van der Waals surface area contributed by atoms with Crippen LogP contribution in [0.3, 0.4) is 0 Å². The van der Waals surface area contributed by atoms with E-state index in [1.54, 1.807) is 0 Å². The Morgan fingerprint density at radius 1 is 1.57 bits per heavy atom. The summed E-state index contributed by atoms with van der Waals surface area (Å²) in [6.07, 6.45) is 2.51. The number of hydrogen-bond acceptors (Lipinski definition) is 3. The zero-order chi connectivity index (χ0) is 9.97. The molecular formula is C10H10BrNO2. The van der Waals surface area contributed by atoms with Gasteiger partial charge in [0, 0.05) is 0 Å². The van der Waals surface area contributed by atoms with Crippen molar-refractivity contribution in [1.29, 1.82) is 0 Å². The molecule has 1 aromatic rings. The molecule has 0 radical (unpaired) electrons. The molecule has 1 aromatic heterocycles. The molecule has 0 unspecified atom stereocenters. The largest absolute Gasteiger partial charge is 0.461 e. The average molecular weight is 256 g/mol. The van der Waals surface area contributed by atoms with E-state index in [4.69, 9.17) is 0 Å².